The Bertz CT molecular complexity index is 938. The largest absolute Gasteiger partial charge is 0.493 e. The van der Waals surface area contributed by atoms with Crippen molar-refractivity contribution in [3.05, 3.63) is 17.7 Å². The Morgan fingerprint density at radius 1 is 1.14 bits per heavy atom. The molecule has 0 aliphatic carbocycles. The number of amides is 1. The summed E-state index contributed by atoms with van der Waals surface area (Å²) in [6, 6.07) is 2.50. The van der Waals surface area contributed by atoms with Gasteiger partial charge in [-0.05, 0) is 6.07 Å². The van der Waals surface area contributed by atoms with Crippen LogP contribution in [-0.4, -0.2) is 85.6 Å². The molecule has 29 heavy (non-hydrogen) atoms. The van der Waals surface area contributed by atoms with Crippen molar-refractivity contribution in [2.24, 2.45) is 0 Å². The first kappa shape index (κ1) is 23.4. The molecule has 0 unspecified atom stereocenters. The fourth-order valence-corrected chi connectivity index (χ4v) is 4.90. The summed E-state index contributed by atoms with van der Waals surface area (Å²) in [7, 11) is -4.48. The number of hydrogen-bond donors (Lipinski definition) is 1. The molecule has 2 rings (SSSR count). The van der Waals surface area contributed by atoms with Crippen LogP contribution in [0.2, 0.25) is 0 Å². The fraction of sp³-hybridized carbons (Fsp3) is 0.588. The van der Waals surface area contributed by atoms with Crippen molar-refractivity contribution in [3.63, 3.8) is 0 Å². The molecule has 0 radical (unpaired) electrons. The van der Waals surface area contributed by atoms with Gasteiger partial charge in [0.15, 0.2) is 21.3 Å². The Kier molecular flexibility index (Phi) is 7.86. The van der Waals surface area contributed by atoms with Gasteiger partial charge in [0.25, 0.3) is 5.91 Å². The van der Waals surface area contributed by atoms with Gasteiger partial charge in [-0.25, -0.2) is 16.8 Å². The lowest BCUT2D eigenvalue weighted by molar-refractivity contribution is 0.0730. The molecule has 0 atom stereocenters. The highest BCUT2D eigenvalue weighted by Gasteiger charge is 2.30. The fourth-order valence-electron chi connectivity index (χ4n) is 2.75. The van der Waals surface area contributed by atoms with Crippen molar-refractivity contribution in [1.82, 2.24) is 9.62 Å². The van der Waals surface area contributed by atoms with Gasteiger partial charge in [-0.1, -0.05) is 6.92 Å². The number of nitrogens with zero attached hydrogens (tertiary/aromatic N) is 1. The van der Waals surface area contributed by atoms with E-state index in [-0.39, 0.29) is 66.3 Å². The minimum absolute atomic E-state index is 0.0344. The van der Waals surface area contributed by atoms with Crippen molar-refractivity contribution in [1.29, 1.82) is 0 Å². The average Bonchev–Trinajstić information content (AvgIpc) is 2.72. The van der Waals surface area contributed by atoms with Gasteiger partial charge in [0, 0.05) is 31.5 Å². The van der Waals surface area contributed by atoms with E-state index in [1.54, 1.807) is 0 Å². The predicted molar refractivity (Wildman–Crippen MR) is 106 cm³/mol. The van der Waals surface area contributed by atoms with E-state index < -0.39 is 25.8 Å². The highest BCUT2D eigenvalue weighted by atomic mass is 32.2. The summed E-state index contributed by atoms with van der Waals surface area (Å²) >= 11 is 0. The van der Waals surface area contributed by atoms with E-state index in [0.29, 0.717) is 0 Å². The lowest BCUT2D eigenvalue weighted by atomic mass is 10.1. The van der Waals surface area contributed by atoms with Gasteiger partial charge in [0.05, 0.1) is 43.6 Å². The Balaban J connectivity index is 2.37. The molecule has 164 valence electrons. The third kappa shape index (κ3) is 5.59. The van der Waals surface area contributed by atoms with E-state index >= 15 is 0 Å². The Morgan fingerprint density at radius 3 is 2.34 bits per heavy atom. The summed E-state index contributed by atoms with van der Waals surface area (Å²) in [5.74, 6) is -0.781. The van der Waals surface area contributed by atoms with Crippen LogP contribution in [0.25, 0.3) is 0 Å². The summed E-state index contributed by atoms with van der Waals surface area (Å²) < 4.78 is 66.1. The van der Waals surface area contributed by atoms with Crippen LogP contribution in [0, 0.1) is 0 Å². The zero-order valence-electron chi connectivity index (χ0n) is 16.6. The quantitative estimate of drug-likeness (QED) is 0.552. The molecule has 1 aromatic rings. The summed E-state index contributed by atoms with van der Waals surface area (Å²) in [5.41, 5.74) is -0.0624. The first-order chi connectivity index (χ1) is 13.7. The van der Waals surface area contributed by atoms with Crippen LogP contribution in [0.15, 0.2) is 17.0 Å². The number of benzene rings is 1. The molecule has 1 N–H and O–H groups in total. The van der Waals surface area contributed by atoms with E-state index in [2.05, 4.69) is 5.32 Å². The van der Waals surface area contributed by atoms with E-state index in [1.165, 1.54) is 37.6 Å². The zero-order chi connectivity index (χ0) is 21.7. The summed E-state index contributed by atoms with van der Waals surface area (Å²) in [4.78, 5) is 12.5. The van der Waals surface area contributed by atoms with Crippen LogP contribution >= 0.6 is 0 Å². The van der Waals surface area contributed by atoms with Crippen molar-refractivity contribution >= 4 is 25.8 Å². The molecule has 12 heteroatoms. The van der Waals surface area contributed by atoms with Crippen LogP contribution in [0.3, 0.4) is 0 Å². The molecule has 1 fully saturated rings. The third-order valence-corrected chi connectivity index (χ3v) is 8.03. The number of rotatable bonds is 9. The maximum absolute atomic E-state index is 13.0. The van der Waals surface area contributed by atoms with Crippen LogP contribution in [0.4, 0.5) is 0 Å². The van der Waals surface area contributed by atoms with Crippen molar-refractivity contribution in [2.75, 3.05) is 58.6 Å². The molecule has 1 aliphatic rings. The molecule has 1 amide bonds. The predicted octanol–water partition coefficient (Wildman–Crippen LogP) is -0.111. The highest BCUT2D eigenvalue weighted by molar-refractivity contribution is 7.91. The van der Waals surface area contributed by atoms with Crippen LogP contribution < -0.4 is 14.8 Å². The minimum atomic E-state index is -3.88. The van der Waals surface area contributed by atoms with Gasteiger partial charge < -0.3 is 19.5 Å². The second-order valence-electron chi connectivity index (χ2n) is 6.22. The van der Waals surface area contributed by atoms with Gasteiger partial charge in [-0.15, -0.1) is 0 Å². The van der Waals surface area contributed by atoms with Crippen molar-refractivity contribution < 1.29 is 35.8 Å². The maximum Gasteiger partial charge on any atom is 0.255 e. The molecule has 1 aromatic carbocycles. The third-order valence-electron chi connectivity index (χ3n) is 4.44. The van der Waals surface area contributed by atoms with Crippen LogP contribution in [0.1, 0.15) is 17.3 Å². The Morgan fingerprint density at radius 2 is 1.79 bits per heavy atom. The SMILES string of the molecule is CCS(=O)(=O)CCNC(=O)c1cc(S(=O)(=O)N2CCOCC2)cc(OC)c1OC. The highest BCUT2D eigenvalue weighted by Crippen LogP contribution is 2.35. The lowest BCUT2D eigenvalue weighted by Gasteiger charge is -2.26. The number of sulfonamides is 1. The molecular formula is C17H26N2O8S2. The molecule has 1 aliphatic heterocycles. The number of hydrogen-bond acceptors (Lipinski definition) is 8. The molecule has 10 nitrogen and oxygen atoms in total. The van der Waals surface area contributed by atoms with Gasteiger partial charge >= 0.3 is 0 Å². The smallest absolute Gasteiger partial charge is 0.255 e. The van der Waals surface area contributed by atoms with E-state index in [9.17, 15) is 21.6 Å². The topological polar surface area (TPSA) is 128 Å². The van der Waals surface area contributed by atoms with Gasteiger partial charge in [-0.3, -0.25) is 4.79 Å². The molecule has 1 saturated heterocycles. The van der Waals surface area contributed by atoms with Gasteiger partial charge in [-0.2, -0.15) is 4.31 Å². The number of carbonyl (C=O) groups excluding carboxylic acids is 1. The van der Waals surface area contributed by atoms with Gasteiger partial charge in [0.2, 0.25) is 10.0 Å². The van der Waals surface area contributed by atoms with E-state index in [0.717, 1.165) is 0 Å². The van der Waals surface area contributed by atoms with Crippen LogP contribution in [0.5, 0.6) is 11.5 Å². The molecule has 0 bridgehead atoms. The molecule has 1 heterocycles. The van der Waals surface area contributed by atoms with E-state index in [4.69, 9.17) is 14.2 Å². The van der Waals surface area contributed by atoms with E-state index in [1.807, 2.05) is 0 Å². The molecule has 0 saturated carbocycles. The number of carbonyl (C=O) groups is 1. The molecular weight excluding hydrogens is 424 g/mol. The second kappa shape index (κ2) is 9.74. The number of morpholine rings is 1. The second-order valence-corrected chi connectivity index (χ2v) is 10.6. The van der Waals surface area contributed by atoms with Crippen molar-refractivity contribution in [3.8, 4) is 11.5 Å². The Hall–Kier alpha value is -1.89. The normalized spacial score (nSPS) is 15.7. The standard InChI is InChI=1S/C17H26N2O8S2/c1-4-28(21,22)10-5-18-17(20)14-11-13(12-15(25-2)16(14)26-3)29(23,24)19-6-8-27-9-7-19/h11-12H,4-10H2,1-3H3,(H,18,20). The lowest BCUT2D eigenvalue weighted by Crippen LogP contribution is -2.40. The van der Waals surface area contributed by atoms with Gasteiger partial charge in [0.1, 0.15) is 0 Å². The molecule has 0 spiro atoms. The average molecular weight is 451 g/mol. The number of nitrogens with one attached hydrogen (secondary N) is 1. The maximum atomic E-state index is 13.0. The zero-order valence-corrected chi connectivity index (χ0v) is 18.3. The van der Waals surface area contributed by atoms with Crippen molar-refractivity contribution in [2.45, 2.75) is 11.8 Å². The summed E-state index contributed by atoms with van der Waals surface area (Å²) in [6.07, 6.45) is 0. The van der Waals surface area contributed by atoms with Crippen LogP contribution in [-0.2, 0) is 24.6 Å². The summed E-state index contributed by atoms with van der Waals surface area (Å²) in [5, 5.41) is 2.49. The monoisotopic (exact) mass is 450 g/mol. The minimum Gasteiger partial charge on any atom is -0.493 e. The number of sulfone groups is 1. The number of ether oxygens (including phenoxy) is 3. The number of methoxy groups -OCH3 is 2. The first-order valence-electron chi connectivity index (χ1n) is 8.98. The molecule has 0 aromatic heterocycles. The Labute approximate surface area is 171 Å². The summed E-state index contributed by atoms with van der Waals surface area (Å²) in [6.45, 7) is 2.38. The first-order valence-corrected chi connectivity index (χ1v) is 12.2.